The molecule has 0 aliphatic heterocycles. The summed E-state index contributed by atoms with van der Waals surface area (Å²) in [7, 11) is 0. The summed E-state index contributed by atoms with van der Waals surface area (Å²) < 4.78 is 5.75. The summed E-state index contributed by atoms with van der Waals surface area (Å²) in [4.78, 5) is 18.9. The first kappa shape index (κ1) is 16.0. The molecule has 1 aromatic carbocycles. The summed E-state index contributed by atoms with van der Waals surface area (Å²) in [6.07, 6.45) is 3.49. The Hall–Kier alpha value is -1.88. The zero-order valence-corrected chi connectivity index (χ0v) is 14.2. The number of carbonyl (C=O) groups excluding carboxylic acids is 1. The van der Waals surface area contributed by atoms with Crippen molar-refractivity contribution >= 4 is 17.2 Å². The second kappa shape index (κ2) is 7.59. The molecule has 1 aliphatic rings. The summed E-state index contributed by atoms with van der Waals surface area (Å²) in [6.45, 7) is 4.25. The highest BCUT2D eigenvalue weighted by molar-refractivity contribution is 7.07. The minimum Gasteiger partial charge on any atom is -0.487 e. The van der Waals surface area contributed by atoms with Gasteiger partial charge in [-0.3, -0.25) is 4.79 Å². The van der Waals surface area contributed by atoms with Crippen molar-refractivity contribution in [3.05, 3.63) is 46.4 Å². The van der Waals surface area contributed by atoms with Crippen molar-refractivity contribution < 1.29 is 9.53 Å². The summed E-state index contributed by atoms with van der Waals surface area (Å²) in [5.74, 6) is 1.53. The molecule has 1 aromatic heterocycles. The number of hydrogen-bond donors (Lipinski definition) is 0. The van der Waals surface area contributed by atoms with Gasteiger partial charge in [-0.05, 0) is 43.4 Å². The van der Waals surface area contributed by atoms with Crippen molar-refractivity contribution in [1.29, 1.82) is 0 Å². The third-order valence-electron chi connectivity index (χ3n) is 3.91. The smallest absolute Gasteiger partial charge is 0.253 e. The molecule has 1 heterocycles. The normalized spacial score (nSPS) is 13.8. The molecule has 1 aliphatic carbocycles. The van der Waals surface area contributed by atoms with Crippen molar-refractivity contribution in [2.45, 2.75) is 32.8 Å². The molecule has 0 radical (unpaired) electrons. The molecule has 0 N–H and O–H groups in total. The Bertz CT molecular complexity index is 638. The number of ether oxygens (including phenoxy) is 1. The number of thiazole rings is 1. The highest BCUT2D eigenvalue weighted by Crippen LogP contribution is 2.30. The molecular weight excluding hydrogens is 308 g/mol. The molecule has 1 fully saturated rings. The van der Waals surface area contributed by atoms with E-state index in [-0.39, 0.29) is 5.91 Å². The van der Waals surface area contributed by atoms with Gasteiger partial charge < -0.3 is 9.64 Å². The second-order valence-corrected chi connectivity index (χ2v) is 6.71. The zero-order chi connectivity index (χ0) is 16.1. The fraction of sp³-hybridized carbons (Fsp3) is 0.444. The molecular formula is C18H22N2O2S. The molecule has 4 nitrogen and oxygen atoms in total. The van der Waals surface area contributed by atoms with Gasteiger partial charge in [0.25, 0.3) is 5.91 Å². The van der Waals surface area contributed by atoms with Gasteiger partial charge in [-0.1, -0.05) is 13.0 Å². The van der Waals surface area contributed by atoms with E-state index in [1.54, 1.807) is 16.8 Å². The van der Waals surface area contributed by atoms with E-state index >= 15 is 0 Å². The maximum atomic E-state index is 12.7. The van der Waals surface area contributed by atoms with E-state index in [1.807, 2.05) is 34.5 Å². The van der Waals surface area contributed by atoms with E-state index in [2.05, 4.69) is 11.9 Å². The van der Waals surface area contributed by atoms with Gasteiger partial charge in [0.15, 0.2) is 0 Å². The predicted octanol–water partition coefficient (Wildman–Crippen LogP) is 3.98. The molecule has 0 bridgehead atoms. The van der Waals surface area contributed by atoms with Gasteiger partial charge >= 0.3 is 0 Å². The van der Waals surface area contributed by atoms with Gasteiger partial charge in [-0.2, -0.15) is 0 Å². The fourth-order valence-corrected chi connectivity index (χ4v) is 3.07. The number of nitrogens with zero attached hydrogens (tertiary/aromatic N) is 2. The van der Waals surface area contributed by atoms with Crippen molar-refractivity contribution in [2.75, 3.05) is 13.1 Å². The van der Waals surface area contributed by atoms with Gasteiger partial charge in [0.2, 0.25) is 0 Å². The molecule has 0 unspecified atom stereocenters. The number of carbonyl (C=O) groups is 1. The van der Waals surface area contributed by atoms with Crippen LogP contribution in [0.15, 0.2) is 35.2 Å². The maximum absolute atomic E-state index is 12.7. The average Bonchev–Trinajstić information content (AvgIpc) is 3.24. The predicted molar refractivity (Wildman–Crippen MR) is 91.8 cm³/mol. The van der Waals surface area contributed by atoms with Crippen LogP contribution in [0.5, 0.6) is 5.75 Å². The van der Waals surface area contributed by atoms with Crippen LogP contribution < -0.4 is 4.74 Å². The van der Waals surface area contributed by atoms with Crippen LogP contribution in [0.3, 0.4) is 0 Å². The van der Waals surface area contributed by atoms with Crippen LogP contribution in [0.1, 0.15) is 42.2 Å². The molecule has 2 aromatic rings. The van der Waals surface area contributed by atoms with Gasteiger partial charge in [0.1, 0.15) is 12.4 Å². The Labute approximate surface area is 141 Å². The first-order valence-corrected chi connectivity index (χ1v) is 9.09. The third kappa shape index (κ3) is 4.55. The molecule has 0 spiro atoms. The standard InChI is InChI=1S/C18H22N2O2S/c1-2-8-20(10-14-6-7-14)18(21)15-4-3-5-17(9-15)22-11-16-12-23-13-19-16/h3-5,9,12-14H,2,6-8,10-11H2,1H3. The molecule has 1 amide bonds. The van der Waals surface area contributed by atoms with E-state index in [0.717, 1.165) is 25.2 Å². The van der Waals surface area contributed by atoms with E-state index in [1.165, 1.54) is 12.8 Å². The monoisotopic (exact) mass is 330 g/mol. The highest BCUT2D eigenvalue weighted by atomic mass is 32.1. The lowest BCUT2D eigenvalue weighted by molar-refractivity contribution is 0.0747. The van der Waals surface area contributed by atoms with E-state index in [4.69, 9.17) is 4.74 Å². The number of benzene rings is 1. The Morgan fingerprint density at radius 1 is 1.43 bits per heavy atom. The highest BCUT2D eigenvalue weighted by Gasteiger charge is 2.26. The summed E-state index contributed by atoms with van der Waals surface area (Å²) in [6, 6.07) is 7.47. The van der Waals surface area contributed by atoms with Gasteiger partial charge in [0.05, 0.1) is 11.2 Å². The summed E-state index contributed by atoms with van der Waals surface area (Å²) >= 11 is 1.55. The van der Waals surface area contributed by atoms with Crippen molar-refractivity contribution in [3.8, 4) is 5.75 Å². The van der Waals surface area contributed by atoms with Crippen LogP contribution in [0.25, 0.3) is 0 Å². The number of rotatable bonds is 8. The molecule has 23 heavy (non-hydrogen) atoms. The third-order valence-corrected chi connectivity index (χ3v) is 4.54. The average molecular weight is 330 g/mol. The van der Waals surface area contributed by atoms with E-state index < -0.39 is 0 Å². The van der Waals surface area contributed by atoms with Gasteiger partial charge in [0, 0.05) is 24.0 Å². The van der Waals surface area contributed by atoms with Crippen LogP contribution in [0.4, 0.5) is 0 Å². The molecule has 0 saturated heterocycles. The topological polar surface area (TPSA) is 42.4 Å². The van der Waals surface area contributed by atoms with Gasteiger partial charge in [-0.15, -0.1) is 11.3 Å². The number of hydrogen-bond acceptors (Lipinski definition) is 4. The van der Waals surface area contributed by atoms with Crippen LogP contribution in [-0.2, 0) is 6.61 Å². The van der Waals surface area contributed by atoms with E-state index in [9.17, 15) is 4.79 Å². The van der Waals surface area contributed by atoms with E-state index in [0.29, 0.717) is 23.8 Å². The van der Waals surface area contributed by atoms with Crippen molar-refractivity contribution in [3.63, 3.8) is 0 Å². The zero-order valence-electron chi connectivity index (χ0n) is 13.4. The Morgan fingerprint density at radius 3 is 3.00 bits per heavy atom. The van der Waals surface area contributed by atoms with Crippen LogP contribution in [0.2, 0.25) is 0 Å². The lowest BCUT2D eigenvalue weighted by Crippen LogP contribution is -2.33. The lowest BCUT2D eigenvalue weighted by atomic mass is 10.1. The largest absolute Gasteiger partial charge is 0.487 e. The minimum absolute atomic E-state index is 0.109. The first-order valence-electron chi connectivity index (χ1n) is 8.15. The molecule has 3 rings (SSSR count). The maximum Gasteiger partial charge on any atom is 0.253 e. The van der Waals surface area contributed by atoms with Crippen LogP contribution >= 0.6 is 11.3 Å². The fourth-order valence-electron chi connectivity index (χ4n) is 2.53. The summed E-state index contributed by atoms with van der Waals surface area (Å²) in [5.41, 5.74) is 3.40. The lowest BCUT2D eigenvalue weighted by Gasteiger charge is -2.22. The Morgan fingerprint density at radius 2 is 2.30 bits per heavy atom. The molecule has 5 heteroatoms. The molecule has 0 atom stereocenters. The molecule has 122 valence electrons. The Balaban J connectivity index is 1.65. The van der Waals surface area contributed by atoms with Gasteiger partial charge in [-0.25, -0.2) is 4.98 Å². The van der Waals surface area contributed by atoms with Crippen molar-refractivity contribution in [2.24, 2.45) is 5.92 Å². The number of amides is 1. The minimum atomic E-state index is 0.109. The van der Waals surface area contributed by atoms with Crippen LogP contribution in [0, 0.1) is 5.92 Å². The SMILES string of the molecule is CCCN(CC1CC1)C(=O)c1cccc(OCc2cscn2)c1. The quantitative estimate of drug-likeness (QED) is 0.735. The number of aromatic nitrogens is 1. The summed E-state index contributed by atoms with van der Waals surface area (Å²) in [5, 5.41) is 1.97. The second-order valence-electron chi connectivity index (χ2n) is 5.99. The first-order chi connectivity index (χ1) is 11.3. The van der Waals surface area contributed by atoms with Crippen molar-refractivity contribution in [1.82, 2.24) is 9.88 Å². The molecule has 1 saturated carbocycles. The Kier molecular flexibility index (Phi) is 5.28. The van der Waals surface area contributed by atoms with Crippen LogP contribution in [-0.4, -0.2) is 28.9 Å².